The molecule has 2 aromatic rings. The molecule has 0 spiro atoms. The quantitative estimate of drug-likeness (QED) is 0.790. The fourth-order valence-corrected chi connectivity index (χ4v) is 1.91. The summed E-state index contributed by atoms with van der Waals surface area (Å²) in [6, 6.07) is 4.15. The van der Waals surface area contributed by atoms with Gasteiger partial charge in [0.1, 0.15) is 5.75 Å². The lowest BCUT2D eigenvalue weighted by Crippen LogP contribution is -1.89. The second-order valence-electron chi connectivity index (χ2n) is 3.58. The number of rotatable bonds is 2. The summed E-state index contributed by atoms with van der Waals surface area (Å²) < 4.78 is 5.39. The third-order valence-electron chi connectivity index (χ3n) is 2.60. The molecule has 2 nitrogen and oxygen atoms in total. The molecule has 0 saturated carbocycles. The Hall–Kier alpha value is -1.70. The largest absolute Gasteiger partial charge is 0.496 e. The second kappa shape index (κ2) is 3.81. The average Bonchev–Trinajstić information content (AvgIpc) is 2.71. The molecule has 1 heterocycles. The normalized spacial score (nSPS) is 11.4. The van der Waals surface area contributed by atoms with Crippen molar-refractivity contribution in [1.82, 2.24) is 4.98 Å². The van der Waals surface area contributed by atoms with E-state index in [2.05, 4.69) is 30.1 Å². The predicted octanol–water partition coefficient (Wildman–Crippen LogP) is 3.52. The van der Waals surface area contributed by atoms with Gasteiger partial charge in [0.25, 0.3) is 0 Å². The van der Waals surface area contributed by atoms with Gasteiger partial charge in [-0.3, -0.25) is 0 Å². The Balaban J connectivity index is 2.82. The highest BCUT2D eigenvalue weighted by Gasteiger charge is 2.08. The van der Waals surface area contributed by atoms with Crippen molar-refractivity contribution in [2.75, 3.05) is 7.11 Å². The molecule has 0 aliphatic heterocycles. The summed E-state index contributed by atoms with van der Waals surface area (Å²) in [5.74, 6) is 0.928. The lowest BCUT2D eigenvalue weighted by atomic mass is 10.0. The molecule has 0 bridgehead atoms. The van der Waals surface area contributed by atoms with Gasteiger partial charge >= 0.3 is 0 Å². The molecule has 78 valence electrons. The van der Waals surface area contributed by atoms with Crippen LogP contribution in [0.3, 0.4) is 0 Å². The maximum atomic E-state index is 5.39. The van der Waals surface area contributed by atoms with Crippen LogP contribution in [0.2, 0.25) is 0 Å². The van der Waals surface area contributed by atoms with Crippen molar-refractivity contribution in [2.24, 2.45) is 0 Å². The van der Waals surface area contributed by atoms with Crippen LogP contribution in [-0.2, 0) is 0 Å². The number of nitrogens with one attached hydrogen (secondary N) is 1. The van der Waals surface area contributed by atoms with Crippen LogP contribution in [0.4, 0.5) is 0 Å². The molecule has 0 atom stereocenters. The number of aryl methyl sites for hydroxylation is 1. The summed E-state index contributed by atoms with van der Waals surface area (Å²) in [5.41, 5.74) is 3.53. The van der Waals surface area contributed by atoms with Gasteiger partial charge in [0.2, 0.25) is 0 Å². The molecule has 2 heteroatoms. The van der Waals surface area contributed by atoms with E-state index in [0.717, 1.165) is 11.3 Å². The van der Waals surface area contributed by atoms with Crippen molar-refractivity contribution in [3.63, 3.8) is 0 Å². The van der Waals surface area contributed by atoms with E-state index in [1.165, 1.54) is 16.5 Å². The number of aromatic amines is 1. The van der Waals surface area contributed by atoms with Gasteiger partial charge in [0.05, 0.1) is 7.11 Å². The Morgan fingerprint density at radius 2 is 2.20 bits per heavy atom. The maximum absolute atomic E-state index is 5.39. The van der Waals surface area contributed by atoms with Gasteiger partial charge < -0.3 is 9.72 Å². The minimum atomic E-state index is 0.928. The highest BCUT2D eigenvalue weighted by molar-refractivity contribution is 5.93. The topological polar surface area (TPSA) is 25.0 Å². The molecule has 1 aromatic carbocycles. The van der Waals surface area contributed by atoms with Crippen LogP contribution >= 0.6 is 0 Å². The van der Waals surface area contributed by atoms with Crippen molar-refractivity contribution in [2.45, 2.75) is 13.8 Å². The van der Waals surface area contributed by atoms with E-state index >= 15 is 0 Å². The number of allylic oxidation sites excluding steroid dienone is 1. The molecule has 15 heavy (non-hydrogen) atoms. The van der Waals surface area contributed by atoms with Crippen LogP contribution in [0.5, 0.6) is 5.75 Å². The van der Waals surface area contributed by atoms with Gasteiger partial charge in [-0.15, -0.1) is 0 Å². The molecule has 0 fully saturated rings. The number of hydrogen-bond donors (Lipinski definition) is 1. The number of hydrogen-bond acceptors (Lipinski definition) is 1. The summed E-state index contributed by atoms with van der Waals surface area (Å²) in [6.07, 6.45) is 6.07. The van der Waals surface area contributed by atoms with E-state index in [1.54, 1.807) is 7.11 Å². The molecule has 0 saturated heterocycles. The summed E-state index contributed by atoms with van der Waals surface area (Å²) in [6.45, 7) is 4.10. The Kier molecular flexibility index (Phi) is 2.50. The van der Waals surface area contributed by atoms with E-state index in [-0.39, 0.29) is 0 Å². The zero-order valence-corrected chi connectivity index (χ0v) is 9.29. The lowest BCUT2D eigenvalue weighted by Gasteiger charge is -2.08. The minimum absolute atomic E-state index is 0.928. The summed E-state index contributed by atoms with van der Waals surface area (Å²) in [7, 11) is 1.71. The number of methoxy groups -OCH3 is 1. The first-order valence-corrected chi connectivity index (χ1v) is 5.05. The molecule has 0 unspecified atom stereocenters. The van der Waals surface area contributed by atoms with Crippen LogP contribution in [0.1, 0.15) is 18.1 Å². The van der Waals surface area contributed by atoms with Gasteiger partial charge in [0, 0.05) is 22.7 Å². The number of benzene rings is 1. The number of aromatic nitrogens is 1. The average molecular weight is 201 g/mol. The molecular formula is C13H15NO. The Labute approximate surface area is 89.6 Å². The third kappa shape index (κ3) is 1.52. The molecular weight excluding hydrogens is 186 g/mol. The van der Waals surface area contributed by atoms with E-state index in [0.29, 0.717) is 0 Å². The SMILES string of the molecule is C/C=C/c1c(OC)cc(C)c2[nH]ccc12. The van der Waals surface area contributed by atoms with Crippen molar-refractivity contribution >= 4 is 17.0 Å². The van der Waals surface area contributed by atoms with E-state index in [4.69, 9.17) is 4.74 Å². The third-order valence-corrected chi connectivity index (χ3v) is 2.60. The zero-order chi connectivity index (χ0) is 10.8. The smallest absolute Gasteiger partial charge is 0.127 e. The van der Waals surface area contributed by atoms with Crippen LogP contribution in [0.25, 0.3) is 17.0 Å². The highest BCUT2D eigenvalue weighted by Crippen LogP contribution is 2.31. The predicted molar refractivity (Wildman–Crippen MR) is 64.3 cm³/mol. The molecule has 0 amide bonds. The zero-order valence-electron chi connectivity index (χ0n) is 9.29. The molecule has 0 radical (unpaired) electrons. The fraction of sp³-hybridized carbons (Fsp3) is 0.231. The number of H-pyrrole nitrogens is 1. The Morgan fingerprint density at radius 1 is 1.40 bits per heavy atom. The van der Waals surface area contributed by atoms with Crippen LogP contribution in [0, 0.1) is 6.92 Å². The first kappa shape index (κ1) is 9.84. The molecule has 0 aliphatic rings. The Bertz CT molecular complexity index is 508. The van der Waals surface area contributed by atoms with Gasteiger partial charge in [-0.1, -0.05) is 12.2 Å². The van der Waals surface area contributed by atoms with Crippen LogP contribution in [0.15, 0.2) is 24.4 Å². The standard InChI is InChI=1S/C13H15NO/c1-4-5-10-11-6-7-14-13(11)9(2)8-12(10)15-3/h4-8,14H,1-3H3/b5-4+. The number of ether oxygens (including phenoxy) is 1. The van der Waals surface area contributed by atoms with Gasteiger partial charge in [0.15, 0.2) is 0 Å². The van der Waals surface area contributed by atoms with Gasteiger partial charge in [-0.25, -0.2) is 0 Å². The minimum Gasteiger partial charge on any atom is -0.496 e. The van der Waals surface area contributed by atoms with E-state index in [9.17, 15) is 0 Å². The summed E-state index contributed by atoms with van der Waals surface area (Å²) in [5, 5.41) is 1.21. The first-order chi connectivity index (χ1) is 7.27. The molecule has 2 rings (SSSR count). The number of fused-ring (bicyclic) bond motifs is 1. The van der Waals surface area contributed by atoms with Crippen molar-refractivity contribution in [3.8, 4) is 5.75 Å². The maximum Gasteiger partial charge on any atom is 0.127 e. The lowest BCUT2D eigenvalue weighted by molar-refractivity contribution is 0.414. The van der Waals surface area contributed by atoms with Crippen molar-refractivity contribution < 1.29 is 4.74 Å². The van der Waals surface area contributed by atoms with E-state index in [1.807, 2.05) is 19.2 Å². The second-order valence-corrected chi connectivity index (χ2v) is 3.58. The van der Waals surface area contributed by atoms with Crippen LogP contribution < -0.4 is 4.74 Å². The van der Waals surface area contributed by atoms with Crippen LogP contribution in [-0.4, -0.2) is 12.1 Å². The molecule has 1 N–H and O–H groups in total. The highest BCUT2D eigenvalue weighted by atomic mass is 16.5. The summed E-state index contributed by atoms with van der Waals surface area (Å²) >= 11 is 0. The van der Waals surface area contributed by atoms with Gasteiger partial charge in [-0.2, -0.15) is 0 Å². The molecule has 0 aliphatic carbocycles. The van der Waals surface area contributed by atoms with Gasteiger partial charge in [-0.05, 0) is 31.5 Å². The fourth-order valence-electron chi connectivity index (χ4n) is 1.91. The van der Waals surface area contributed by atoms with Crippen molar-refractivity contribution in [1.29, 1.82) is 0 Å². The first-order valence-electron chi connectivity index (χ1n) is 5.05. The summed E-state index contributed by atoms with van der Waals surface area (Å²) in [4.78, 5) is 3.25. The monoisotopic (exact) mass is 201 g/mol. The Morgan fingerprint density at radius 3 is 2.87 bits per heavy atom. The van der Waals surface area contributed by atoms with Crippen molar-refractivity contribution in [3.05, 3.63) is 35.5 Å². The molecule has 1 aromatic heterocycles. The van der Waals surface area contributed by atoms with E-state index < -0.39 is 0 Å².